The molecular formula is C24H28HfSi. The van der Waals surface area contributed by atoms with E-state index in [0.717, 1.165) is 0 Å². The molecule has 0 amide bonds. The first-order chi connectivity index (χ1) is 12.3. The molecule has 0 spiro atoms. The molecule has 0 heterocycles. The molecule has 0 fully saturated rings. The van der Waals surface area contributed by atoms with E-state index >= 15 is 0 Å². The van der Waals surface area contributed by atoms with Crippen molar-refractivity contribution in [3.63, 3.8) is 0 Å². The van der Waals surface area contributed by atoms with Gasteiger partial charge in [-0.05, 0) is 0 Å². The molecule has 26 heavy (non-hydrogen) atoms. The largest absolute Gasteiger partial charge is 0.154 e. The third-order valence-electron chi connectivity index (χ3n) is 4.66. The Bertz CT molecular complexity index is 935. The van der Waals surface area contributed by atoms with Crippen LogP contribution in [0.5, 0.6) is 0 Å². The quantitative estimate of drug-likeness (QED) is 0.170. The van der Waals surface area contributed by atoms with Crippen LogP contribution in [0.3, 0.4) is 0 Å². The Balaban J connectivity index is 0.000000156. The molecule has 4 aromatic carbocycles. The summed E-state index contributed by atoms with van der Waals surface area (Å²) in [7, 11) is 0. The van der Waals surface area contributed by atoms with Gasteiger partial charge >= 0.3 is 41.6 Å². The Kier molecular flexibility index (Phi) is 7.79. The van der Waals surface area contributed by atoms with Gasteiger partial charge in [-0.3, -0.25) is 0 Å². The van der Waals surface area contributed by atoms with Crippen LogP contribution in [0.25, 0.3) is 21.5 Å². The van der Waals surface area contributed by atoms with Crippen molar-refractivity contribution in [1.29, 1.82) is 0 Å². The second-order valence-electron chi connectivity index (χ2n) is 7.08. The molecule has 0 N–H and O–H groups in total. The van der Waals surface area contributed by atoms with Gasteiger partial charge in [0.05, 0.1) is 0 Å². The van der Waals surface area contributed by atoms with Crippen molar-refractivity contribution in [3.05, 3.63) is 82.9 Å². The minimum atomic E-state index is 0.259. The molecule has 0 saturated heterocycles. The average molecular weight is 523 g/mol. The summed E-state index contributed by atoms with van der Waals surface area (Å²) in [6.07, 6.45) is 0. The molecule has 4 rings (SSSR count). The fourth-order valence-electron chi connectivity index (χ4n) is 3.04. The van der Waals surface area contributed by atoms with Crippen LogP contribution >= 0.6 is 0 Å². The molecule has 0 nitrogen and oxygen atoms in total. The zero-order valence-electron chi connectivity index (χ0n) is 16.8. The van der Waals surface area contributed by atoms with E-state index in [2.05, 4.69) is 101 Å². The maximum absolute atomic E-state index is 2.33. The van der Waals surface area contributed by atoms with Crippen LogP contribution in [-0.4, -0.2) is 5.49 Å². The van der Waals surface area contributed by atoms with Crippen molar-refractivity contribution < 1.29 is 23.0 Å². The first kappa shape index (κ1) is 21.1. The van der Waals surface area contributed by atoms with Crippen LogP contribution < -0.4 is 0 Å². The molecule has 132 valence electrons. The second-order valence-corrected chi connectivity index (χ2v) is 19.9. The average Bonchev–Trinajstić information content (AvgIpc) is 3.05. The summed E-state index contributed by atoms with van der Waals surface area (Å²) in [5.41, 5.74) is 5.88. The van der Waals surface area contributed by atoms with Crippen LogP contribution in [0.1, 0.15) is 22.3 Å². The zero-order chi connectivity index (χ0) is 19.3. The van der Waals surface area contributed by atoms with Crippen LogP contribution in [-0.2, 0) is 23.0 Å². The van der Waals surface area contributed by atoms with Crippen molar-refractivity contribution in [2.75, 3.05) is 0 Å². The molecule has 0 radical (unpaired) electrons. The third kappa shape index (κ3) is 5.37. The molecule has 0 aliphatic heterocycles. The number of hydrogen-bond donors (Lipinski definition) is 0. The molecule has 0 bridgehead atoms. The summed E-state index contributed by atoms with van der Waals surface area (Å²) in [6.45, 7) is 13.3. The fourth-order valence-corrected chi connectivity index (χ4v) is 3.04. The molecule has 0 aromatic heterocycles. The van der Waals surface area contributed by atoms with Crippen molar-refractivity contribution in [3.8, 4) is 0 Å². The van der Waals surface area contributed by atoms with Crippen molar-refractivity contribution in [2.24, 2.45) is 0 Å². The SMILES string of the molecule is C[Si](C)=[Hf+2].Cc1[cH-]c2ccccc2c1C.Cc1[cH-]c2ccccc2c1C. The molecule has 2 heteroatoms. The maximum atomic E-state index is 2.33. The van der Waals surface area contributed by atoms with Gasteiger partial charge in [0, 0.05) is 0 Å². The van der Waals surface area contributed by atoms with E-state index in [-0.39, 0.29) is 5.49 Å². The van der Waals surface area contributed by atoms with E-state index in [0.29, 0.717) is 0 Å². The number of fused-ring (bicyclic) bond motifs is 2. The Morgan fingerprint density at radius 3 is 1.27 bits per heavy atom. The molecule has 4 aromatic rings. The van der Waals surface area contributed by atoms with E-state index in [1.165, 1.54) is 66.8 Å². The van der Waals surface area contributed by atoms with E-state index in [1.54, 1.807) is 0 Å². The minimum Gasteiger partial charge on any atom is -0.154 e. The topological polar surface area (TPSA) is 0 Å². The van der Waals surface area contributed by atoms with Gasteiger partial charge in [-0.2, -0.15) is 11.1 Å². The standard InChI is InChI=1S/2C11H11.C2H6Si.Hf/c2*1-8-7-10-5-3-4-6-11(10)9(8)2;1-3-2;/h2*3-7H,1-2H3;1-2H3;/q2*-1;;+2. The van der Waals surface area contributed by atoms with E-state index < -0.39 is 0 Å². The van der Waals surface area contributed by atoms with Gasteiger partial charge in [-0.15, -0.1) is 81.2 Å². The van der Waals surface area contributed by atoms with Crippen molar-refractivity contribution in [2.45, 2.75) is 40.8 Å². The van der Waals surface area contributed by atoms with Crippen LogP contribution in [0.15, 0.2) is 60.7 Å². The molecule has 0 atom stereocenters. The Morgan fingerprint density at radius 2 is 0.962 bits per heavy atom. The summed E-state index contributed by atoms with van der Waals surface area (Å²) in [5, 5.41) is 5.51. The zero-order valence-corrected chi connectivity index (χ0v) is 21.4. The third-order valence-corrected chi connectivity index (χ3v) is 4.66. The first-order valence-electron chi connectivity index (χ1n) is 9.06. The summed E-state index contributed by atoms with van der Waals surface area (Å²) in [5.74, 6) is 0. The first-order valence-corrected chi connectivity index (χ1v) is 16.9. The normalized spacial score (nSPS) is 10.2. The van der Waals surface area contributed by atoms with Gasteiger partial charge in [0.25, 0.3) is 0 Å². The van der Waals surface area contributed by atoms with Crippen molar-refractivity contribution in [1.82, 2.24) is 0 Å². The predicted octanol–water partition coefficient (Wildman–Crippen LogP) is 7.14. The van der Waals surface area contributed by atoms with Crippen LogP contribution in [0.4, 0.5) is 0 Å². The smallest absolute Gasteiger partial charge is 0.0576 e. The molecule has 0 saturated carbocycles. The Hall–Kier alpha value is -1.25. The number of rotatable bonds is 0. The van der Waals surface area contributed by atoms with Gasteiger partial charge < -0.3 is 0 Å². The van der Waals surface area contributed by atoms with Gasteiger partial charge in [0.2, 0.25) is 0 Å². The predicted molar refractivity (Wildman–Crippen MR) is 116 cm³/mol. The fraction of sp³-hybridized carbons (Fsp3) is 0.250. The number of benzene rings is 2. The van der Waals surface area contributed by atoms with Gasteiger partial charge in [0.15, 0.2) is 0 Å². The number of aryl methyl sites for hydroxylation is 4. The number of hydrogen-bond acceptors (Lipinski definition) is 0. The van der Waals surface area contributed by atoms with E-state index in [4.69, 9.17) is 0 Å². The summed E-state index contributed by atoms with van der Waals surface area (Å²) >= 11 is 1.45. The van der Waals surface area contributed by atoms with Crippen molar-refractivity contribution >= 4 is 27.0 Å². The van der Waals surface area contributed by atoms with Gasteiger partial charge in [-0.1, -0.05) is 39.8 Å². The Morgan fingerprint density at radius 1 is 0.654 bits per heavy atom. The van der Waals surface area contributed by atoms with E-state index in [1.807, 2.05) is 0 Å². The van der Waals surface area contributed by atoms with E-state index in [9.17, 15) is 0 Å². The van der Waals surface area contributed by atoms with Gasteiger partial charge in [0.1, 0.15) is 0 Å². The van der Waals surface area contributed by atoms with Crippen LogP contribution in [0.2, 0.25) is 13.1 Å². The maximum Gasteiger partial charge on any atom is -0.0576 e. The summed E-state index contributed by atoms with van der Waals surface area (Å²) < 4.78 is 0. The minimum absolute atomic E-state index is 0.259. The second kappa shape index (κ2) is 9.62. The van der Waals surface area contributed by atoms with Gasteiger partial charge in [-0.25, -0.2) is 0 Å². The summed E-state index contributed by atoms with van der Waals surface area (Å²) in [4.78, 5) is 0. The molecule has 0 aliphatic rings. The molecule has 0 aliphatic carbocycles. The monoisotopic (exact) mass is 524 g/mol. The molecule has 0 unspecified atom stereocenters. The van der Waals surface area contributed by atoms with Crippen LogP contribution in [0, 0.1) is 27.7 Å². The molecular weight excluding hydrogens is 495 g/mol. The Labute approximate surface area is 173 Å². The summed E-state index contributed by atoms with van der Waals surface area (Å²) in [6, 6.07) is 21.5.